The van der Waals surface area contributed by atoms with Crippen LogP contribution in [0.4, 0.5) is 0 Å². The molecule has 1 aliphatic rings. The topological polar surface area (TPSA) is 63.2 Å². The number of rotatable bonds is 1. The standard InChI is InChI=1S/C11H16N4/c1-9-4-6-15(10(2)7-9)11(3-5-12)14-8-13/h9-10H,3-4,6-7H2,1-2H3. The van der Waals surface area contributed by atoms with Gasteiger partial charge in [-0.1, -0.05) is 6.92 Å². The van der Waals surface area contributed by atoms with Crippen molar-refractivity contribution in [2.75, 3.05) is 6.54 Å². The molecule has 1 aliphatic heterocycles. The van der Waals surface area contributed by atoms with Gasteiger partial charge in [0.15, 0.2) is 0 Å². The van der Waals surface area contributed by atoms with Crippen LogP contribution >= 0.6 is 0 Å². The smallest absolute Gasteiger partial charge is 0.207 e. The average molecular weight is 204 g/mol. The van der Waals surface area contributed by atoms with Crippen molar-refractivity contribution in [3.05, 3.63) is 0 Å². The van der Waals surface area contributed by atoms with E-state index in [4.69, 9.17) is 10.5 Å². The predicted octanol–water partition coefficient (Wildman–Crippen LogP) is 1.90. The molecule has 0 aromatic heterocycles. The van der Waals surface area contributed by atoms with E-state index in [9.17, 15) is 0 Å². The molecule has 0 aromatic carbocycles. The zero-order valence-electron chi connectivity index (χ0n) is 9.27. The highest BCUT2D eigenvalue weighted by molar-refractivity contribution is 5.85. The van der Waals surface area contributed by atoms with E-state index in [0.29, 0.717) is 11.9 Å². The summed E-state index contributed by atoms with van der Waals surface area (Å²) >= 11 is 0. The molecule has 0 amide bonds. The van der Waals surface area contributed by atoms with Crippen LogP contribution in [-0.4, -0.2) is 23.3 Å². The van der Waals surface area contributed by atoms with Crippen molar-refractivity contribution in [2.24, 2.45) is 10.9 Å². The lowest BCUT2D eigenvalue weighted by Gasteiger charge is -2.37. The zero-order chi connectivity index (χ0) is 11.3. The van der Waals surface area contributed by atoms with E-state index < -0.39 is 0 Å². The van der Waals surface area contributed by atoms with Crippen LogP contribution < -0.4 is 0 Å². The summed E-state index contributed by atoms with van der Waals surface area (Å²) in [6, 6.07) is 2.44. The van der Waals surface area contributed by atoms with Crippen LogP contribution in [0.15, 0.2) is 4.99 Å². The zero-order valence-corrected chi connectivity index (χ0v) is 9.27. The van der Waals surface area contributed by atoms with Gasteiger partial charge in [-0.2, -0.15) is 15.5 Å². The second-order valence-electron chi connectivity index (χ2n) is 4.13. The van der Waals surface area contributed by atoms with Gasteiger partial charge in [-0.15, -0.1) is 0 Å². The third kappa shape index (κ3) is 2.95. The van der Waals surface area contributed by atoms with Gasteiger partial charge in [-0.05, 0) is 25.7 Å². The van der Waals surface area contributed by atoms with E-state index in [1.54, 1.807) is 6.19 Å². The molecule has 2 atom stereocenters. The first kappa shape index (κ1) is 11.5. The first-order valence-corrected chi connectivity index (χ1v) is 5.28. The van der Waals surface area contributed by atoms with Crippen LogP contribution in [0.5, 0.6) is 0 Å². The molecule has 2 unspecified atom stereocenters. The Hall–Kier alpha value is -1.55. The SMILES string of the molecule is CC1CCN(C(CC#N)=NC#N)C(C)C1. The van der Waals surface area contributed by atoms with Crippen molar-refractivity contribution < 1.29 is 0 Å². The van der Waals surface area contributed by atoms with Crippen LogP contribution in [0, 0.1) is 28.7 Å². The van der Waals surface area contributed by atoms with Crippen LogP contribution in [0.2, 0.25) is 0 Å². The van der Waals surface area contributed by atoms with E-state index in [2.05, 4.69) is 29.8 Å². The summed E-state index contributed by atoms with van der Waals surface area (Å²) in [5.74, 6) is 1.35. The van der Waals surface area contributed by atoms with Gasteiger partial charge in [0.05, 0.1) is 12.5 Å². The van der Waals surface area contributed by atoms with E-state index in [0.717, 1.165) is 25.3 Å². The normalized spacial score (nSPS) is 26.9. The Kier molecular flexibility index (Phi) is 4.12. The Bertz CT molecular complexity index is 320. The fourth-order valence-corrected chi connectivity index (χ4v) is 2.12. The molecule has 0 bridgehead atoms. The van der Waals surface area contributed by atoms with Crippen LogP contribution in [0.3, 0.4) is 0 Å². The van der Waals surface area contributed by atoms with Crippen molar-refractivity contribution in [3.63, 3.8) is 0 Å². The minimum Gasteiger partial charge on any atom is -0.356 e. The summed E-state index contributed by atoms with van der Waals surface area (Å²) in [5, 5.41) is 17.2. The minimum atomic E-state index is 0.228. The van der Waals surface area contributed by atoms with Gasteiger partial charge >= 0.3 is 0 Å². The highest BCUT2D eigenvalue weighted by Gasteiger charge is 2.25. The Morgan fingerprint density at radius 1 is 1.47 bits per heavy atom. The number of hydrogen-bond acceptors (Lipinski definition) is 3. The number of likely N-dealkylation sites (tertiary alicyclic amines) is 1. The van der Waals surface area contributed by atoms with Crippen molar-refractivity contribution >= 4 is 5.84 Å². The molecule has 0 N–H and O–H groups in total. The summed E-state index contributed by atoms with van der Waals surface area (Å²) in [6.07, 6.45) is 4.22. The summed E-state index contributed by atoms with van der Waals surface area (Å²) in [4.78, 5) is 5.83. The monoisotopic (exact) mass is 204 g/mol. The largest absolute Gasteiger partial charge is 0.356 e. The van der Waals surface area contributed by atoms with Crippen molar-refractivity contribution in [2.45, 2.75) is 39.2 Å². The number of aliphatic imine (C=N–C) groups is 1. The van der Waals surface area contributed by atoms with Crippen molar-refractivity contribution in [1.82, 2.24) is 4.90 Å². The lowest BCUT2D eigenvalue weighted by molar-refractivity contribution is 0.207. The Balaban J connectivity index is 2.73. The molecule has 4 nitrogen and oxygen atoms in total. The molecule has 0 radical (unpaired) electrons. The fourth-order valence-electron chi connectivity index (χ4n) is 2.12. The highest BCUT2D eigenvalue weighted by Crippen LogP contribution is 2.22. The third-order valence-electron chi connectivity index (χ3n) is 2.89. The number of nitriles is 2. The molecule has 0 aliphatic carbocycles. The maximum absolute atomic E-state index is 8.67. The number of nitrogens with zero attached hydrogens (tertiary/aromatic N) is 4. The van der Waals surface area contributed by atoms with Crippen molar-refractivity contribution in [3.8, 4) is 12.3 Å². The molecule has 1 fully saturated rings. The predicted molar refractivity (Wildman–Crippen MR) is 57.8 cm³/mol. The van der Waals surface area contributed by atoms with E-state index in [-0.39, 0.29) is 6.42 Å². The number of piperidine rings is 1. The third-order valence-corrected chi connectivity index (χ3v) is 2.89. The van der Waals surface area contributed by atoms with Crippen LogP contribution in [0.1, 0.15) is 33.1 Å². The van der Waals surface area contributed by atoms with Gasteiger partial charge in [-0.25, -0.2) is 0 Å². The molecule has 0 saturated carbocycles. The maximum Gasteiger partial charge on any atom is 0.207 e. The summed E-state index contributed by atoms with van der Waals surface area (Å²) in [5.41, 5.74) is 0. The summed E-state index contributed by atoms with van der Waals surface area (Å²) < 4.78 is 0. The number of hydrogen-bond donors (Lipinski definition) is 0. The van der Waals surface area contributed by atoms with E-state index in [1.807, 2.05) is 0 Å². The lowest BCUT2D eigenvalue weighted by Crippen LogP contribution is -2.44. The van der Waals surface area contributed by atoms with Gasteiger partial charge in [0.1, 0.15) is 5.84 Å². The van der Waals surface area contributed by atoms with Crippen LogP contribution in [0.25, 0.3) is 0 Å². The second kappa shape index (κ2) is 5.36. The number of amidine groups is 1. The lowest BCUT2D eigenvalue weighted by atomic mass is 9.93. The van der Waals surface area contributed by atoms with Gasteiger partial charge in [0, 0.05) is 12.6 Å². The molecule has 0 aromatic rings. The Labute approximate surface area is 90.8 Å². The Morgan fingerprint density at radius 3 is 2.73 bits per heavy atom. The maximum atomic E-state index is 8.67. The van der Waals surface area contributed by atoms with Gasteiger partial charge in [0.2, 0.25) is 6.19 Å². The molecule has 4 heteroatoms. The van der Waals surface area contributed by atoms with E-state index in [1.165, 1.54) is 0 Å². The average Bonchev–Trinajstić information content (AvgIpc) is 2.17. The van der Waals surface area contributed by atoms with Crippen molar-refractivity contribution in [1.29, 1.82) is 10.5 Å². The first-order chi connectivity index (χ1) is 7.19. The first-order valence-electron chi connectivity index (χ1n) is 5.28. The highest BCUT2D eigenvalue weighted by atomic mass is 15.2. The fraction of sp³-hybridized carbons (Fsp3) is 0.727. The molecule has 80 valence electrons. The summed E-state index contributed by atoms with van der Waals surface area (Å²) in [7, 11) is 0. The van der Waals surface area contributed by atoms with Gasteiger partial charge in [-0.3, -0.25) is 0 Å². The molecular formula is C11H16N4. The molecule has 1 saturated heterocycles. The van der Waals surface area contributed by atoms with Gasteiger partial charge < -0.3 is 4.90 Å². The van der Waals surface area contributed by atoms with E-state index >= 15 is 0 Å². The summed E-state index contributed by atoms with van der Waals surface area (Å²) in [6.45, 7) is 5.27. The van der Waals surface area contributed by atoms with Gasteiger partial charge in [0.25, 0.3) is 0 Å². The Morgan fingerprint density at radius 2 is 2.20 bits per heavy atom. The molecule has 1 heterocycles. The molecule has 15 heavy (non-hydrogen) atoms. The van der Waals surface area contributed by atoms with Crippen LogP contribution in [-0.2, 0) is 0 Å². The second-order valence-corrected chi connectivity index (χ2v) is 4.13. The molecule has 0 spiro atoms. The minimum absolute atomic E-state index is 0.228. The molecular weight excluding hydrogens is 188 g/mol. The molecule has 1 rings (SSSR count). The quantitative estimate of drug-likeness (QED) is 0.372.